The zero-order valence-electron chi connectivity index (χ0n) is 25.5. The SMILES string of the molecule is CC1CCC(Cn2c(N3[C@@H](C)CN(C(=O)C4CCC4)C[C@@H]3C)nc3cc(-c4noc(=O)[nH]4)nc(-c4cncc(Cl)c4)c32)CC1. The molecule has 4 aromatic heterocycles. The summed E-state index contributed by atoms with van der Waals surface area (Å²) in [5, 5.41) is 4.41. The Morgan fingerprint density at radius 3 is 2.41 bits per heavy atom. The summed E-state index contributed by atoms with van der Waals surface area (Å²) < 4.78 is 7.15. The molecule has 1 amide bonds. The van der Waals surface area contributed by atoms with Crippen LogP contribution in [0.2, 0.25) is 5.02 Å². The maximum Gasteiger partial charge on any atom is 0.439 e. The lowest BCUT2D eigenvalue weighted by molar-refractivity contribution is -0.139. The molecule has 0 spiro atoms. The van der Waals surface area contributed by atoms with Gasteiger partial charge in [0.25, 0.3) is 0 Å². The second-order valence-corrected chi connectivity index (χ2v) is 13.6. The van der Waals surface area contributed by atoms with Crippen LogP contribution in [0.15, 0.2) is 33.8 Å². The van der Waals surface area contributed by atoms with Crippen molar-refractivity contribution in [2.24, 2.45) is 17.8 Å². The number of amides is 1. The summed E-state index contributed by atoms with van der Waals surface area (Å²) in [4.78, 5) is 46.8. The number of carbonyl (C=O) groups is 1. The molecule has 1 aliphatic heterocycles. The molecule has 1 N–H and O–H groups in total. The lowest BCUT2D eigenvalue weighted by atomic mass is 9.83. The molecule has 2 aliphatic carbocycles. The highest BCUT2D eigenvalue weighted by molar-refractivity contribution is 6.30. The molecule has 11 nitrogen and oxygen atoms in total. The van der Waals surface area contributed by atoms with Crippen molar-refractivity contribution in [3.8, 4) is 22.8 Å². The van der Waals surface area contributed by atoms with Crippen LogP contribution >= 0.6 is 11.6 Å². The zero-order valence-corrected chi connectivity index (χ0v) is 26.3. The summed E-state index contributed by atoms with van der Waals surface area (Å²) in [6.07, 6.45) is 11.3. The Kier molecular flexibility index (Phi) is 7.68. The minimum Gasteiger partial charge on any atom is -0.338 e. The number of piperazine rings is 1. The van der Waals surface area contributed by atoms with Gasteiger partial charge in [-0.25, -0.2) is 14.8 Å². The largest absolute Gasteiger partial charge is 0.439 e. The molecule has 2 atom stereocenters. The molecule has 1 saturated heterocycles. The molecule has 7 rings (SSSR count). The highest BCUT2D eigenvalue weighted by atomic mass is 35.5. The van der Waals surface area contributed by atoms with Gasteiger partial charge in [0.15, 0.2) is 0 Å². The Morgan fingerprint density at radius 2 is 1.77 bits per heavy atom. The predicted molar refractivity (Wildman–Crippen MR) is 168 cm³/mol. The Bertz CT molecular complexity index is 1720. The molecule has 0 aromatic carbocycles. The van der Waals surface area contributed by atoms with Crippen LogP contribution in [0.5, 0.6) is 0 Å². The number of anilines is 1. The highest BCUT2D eigenvalue weighted by Crippen LogP contribution is 2.39. The van der Waals surface area contributed by atoms with Gasteiger partial charge in [0.2, 0.25) is 17.7 Å². The van der Waals surface area contributed by atoms with Crippen molar-refractivity contribution in [1.82, 2.24) is 34.6 Å². The molecule has 4 aromatic rings. The standard InChI is InChI=1S/C32H39ClN8O3/c1-18-7-9-21(10-8-18)17-40-28-25(36-31(40)41-19(2)15-39(16-20(41)3)30(42)22-5-4-6-22)12-26(29-37-32(43)44-38-29)35-27(28)23-11-24(33)14-34-13-23/h11-14,18-22H,4-10,15-17H2,1-3H3,(H,37,38,43)/t18?,19-,20-,21?/m0/s1. The number of halogens is 1. The first-order valence-electron chi connectivity index (χ1n) is 15.9. The molecule has 0 bridgehead atoms. The van der Waals surface area contributed by atoms with Crippen LogP contribution in [0.1, 0.15) is 65.7 Å². The molecule has 0 unspecified atom stereocenters. The summed E-state index contributed by atoms with van der Waals surface area (Å²) in [5.41, 5.74) is 3.48. The van der Waals surface area contributed by atoms with E-state index in [0.717, 1.165) is 67.1 Å². The summed E-state index contributed by atoms with van der Waals surface area (Å²) >= 11 is 6.43. The van der Waals surface area contributed by atoms with Crippen LogP contribution in [0.3, 0.4) is 0 Å². The number of aromatic nitrogens is 6. The first kappa shape index (κ1) is 29.0. The maximum atomic E-state index is 13.2. The van der Waals surface area contributed by atoms with Crippen LogP contribution in [0.4, 0.5) is 5.95 Å². The Labute approximate surface area is 261 Å². The number of carbonyl (C=O) groups excluding carboxylic acids is 1. The van der Waals surface area contributed by atoms with Gasteiger partial charge in [-0.1, -0.05) is 42.9 Å². The lowest BCUT2D eigenvalue weighted by Gasteiger charge is -2.46. The van der Waals surface area contributed by atoms with Gasteiger partial charge >= 0.3 is 5.76 Å². The number of pyridine rings is 2. The second kappa shape index (κ2) is 11.6. The number of nitrogens with one attached hydrogen (secondary N) is 1. The monoisotopic (exact) mass is 618 g/mol. The molecule has 0 radical (unpaired) electrons. The van der Waals surface area contributed by atoms with Crippen molar-refractivity contribution in [2.75, 3.05) is 18.0 Å². The van der Waals surface area contributed by atoms with Gasteiger partial charge in [-0.05, 0) is 63.5 Å². The van der Waals surface area contributed by atoms with Crippen molar-refractivity contribution in [3.63, 3.8) is 0 Å². The van der Waals surface area contributed by atoms with Crippen molar-refractivity contribution >= 4 is 34.5 Å². The van der Waals surface area contributed by atoms with Gasteiger partial charge in [-0.2, -0.15) is 0 Å². The third-order valence-electron chi connectivity index (χ3n) is 9.86. The van der Waals surface area contributed by atoms with E-state index in [2.05, 4.69) is 50.3 Å². The normalized spacial score (nSPS) is 24.5. The van der Waals surface area contributed by atoms with Gasteiger partial charge in [0, 0.05) is 55.6 Å². The van der Waals surface area contributed by atoms with Crippen LogP contribution in [-0.2, 0) is 11.3 Å². The molecular formula is C32H39ClN8O3. The van der Waals surface area contributed by atoms with Crippen LogP contribution in [0.25, 0.3) is 33.8 Å². The average molecular weight is 619 g/mol. The van der Waals surface area contributed by atoms with E-state index in [1.807, 2.05) is 12.1 Å². The third kappa shape index (κ3) is 5.39. The summed E-state index contributed by atoms with van der Waals surface area (Å²) in [7, 11) is 0. The van der Waals surface area contributed by atoms with Gasteiger partial charge in [-0.3, -0.25) is 19.3 Å². The first-order valence-corrected chi connectivity index (χ1v) is 16.3. The quantitative estimate of drug-likeness (QED) is 0.298. The Hall–Kier alpha value is -3.73. The third-order valence-corrected chi connectivity index (χ3v) is 10.1. The highest BCUT2D eigenvalue weighted by Gasteiger charge is 2.39. The summed E-state index contributed by atoms with van der Waals surface area (Å²) in [6, 6.07) is 3.85. The fourth-order valence-corrected chi connectivity index (χ4v) is 7.47. The zero-order chi connectivity index (χ0) is 30.5. The number of rotatable bonds is 6. The van der Waals surface area contributed by atoms with Gasteiger partial charge < -0.3 is 14.4 Å². The second-order valence-electron chi connectivity index (χ2n) is 13.2. The maximum absolute atomic E-state index is 13.2. The van der Waals surface area contributed by atoms with Crippen molar-refractivity contribution in [2.45, 2.75) is 84.3 Å². The van der Waals surface area contributed by atoms with Gasteiger partial charge in [0.1, 0.15) is 5.69 Å². The number of nitrogens with zero attached hydrogens (tertiary/aromatic N) is 7. The van der Waals surface area contributed by atoms with E-state index in [1.54, 1.807) is 12.4 Å². The van der Waals surface area contributed by atoms with Crippen LogP contribution in [0, 0.1) is 17.8 Å². The number of aromatic amines is 1. The summed E-state index contributed by atoms with van der Waals surface area (Å²) in [6.45, 7) is 8.85. The van der Waals surface area contributed by atoms with E-state index in [-0.39, 0.29) is 23.8 Å². The minimum absolute atomic E-state index is 0.0697. The Morgan fingerprint density at radius 1 is 1.02 bits per heavy atom. The molecule has 2 saturated carbocycles. The smallest absolute Gasteiger partial charge is 0.338 e. The molecule has 5 heterocycles. The van der Waals surface area contributed by atoms with Gasteiger partial charge in [0.05, 0.1) is 21.7 Å². The van der Waals surface area contributed by atoms with Crippen molar-refractivity contribution < 1.29 is 9.32 Å². The number of hydrogen-bond donors (Lipinski definition) is 1. The molecule has 3 aliphatic rings. The number of hydrogen-bond acceptors (Lipinski definition) is 8. The predicted octanol–water partition coefficient (Wildman–Crippen LogP) is 5.54. The lowest BCUT2D eigenvalue weighted by Crippen LogP contribution is -2.60. The molecule has 232 valence electrons. The number of fused-ring (bicyclic) bond motifs is 1. The molecule has 12 heteroatoms. The Balaban J connectivity index is 1.37. The van der Waals surface area contributed by atoms with Gasteiger partial charge in [-0.15, -0.1) is 0 Å². The fraction of sp³-hybridized carbons (Fsp3) is 0.562. The number of imidazole rings is 1. The van der Waals surface area contributed by atoms with Crippen molar-refractivity contribution in [1.29, 1.82) is 0 Å². The van der Waals surface area contributed by atoms with E-state index in [4.69, 9.17) is 26.1 Å². The van der Waals surface area contributed by atoms with Crippen molar-refractivity contribution in [3.05, 3.63) is 40.1 Å². The van der Waals surface area contributed by atoms with E-state index < -0.39 is 5.76 Å². The summed E-state index contributed by atoms with van der Waals surface area (Å²) in [5.74, 6) is 2.18. The van der Waals surface area contributed by atoms with E-state index >= 15 is 0 Å². The fourth-order valence-electron chi connectivity index (χ4n) is 7.30. The topological polar surface area (TPSA) is 126 Å². The van der Waals surface area contributed by atoms with E-state index in [0.29, 0.717) is 41.3 Å². The molecule has 3 fully saturated rings. The minimum atomic E-state index is -0.650. The average Bonchev–Trinajstić information content (AvgIpc) is 3.56. The van der Waals surface area contributed by atoms with E-state index in [1.165, 1.54) is 12.8 Å². The molecule has 44 heavy (non-hydrogen) atoms. The first-order chi connectivity index (χ1) is 21.2. The number of H-pyrrole nitrogens is 1. The van der Waals surface area contributed by atoms with Crippen LogP contribution < -0.4 is 10.7 Å². The molecular weight excluding hydrogens is 580 g/mol. The van der Waals surface area contributed by atoms with Crippen LogP contribution in [-0.4, -0.2) is 65.6 Å². The van der Waals surface area contributed by atoms with E-state index in [9.17, 15) is 9.59 Å².